The molecule has 0 aliphatic carbocycles. The SMILES string of the molecule is N#C/C(=C(/N)c1ccc([N+](=O)[O-])cc1)c1cccnc1. The van der Waals surface area contributed by atoms with Crippen molar-refractivity contribution >= 4 is 17.0 Å². The lowest BCUT2D eigenvalue weighted by Gasteiger charge is -2.05. The van der Waals surface area contributed by atoms with Crippen LogP contribution >= 0.6 is 0 Å². The molecule has 6 nitrogen and oxygen atoms in total. The summed E-state index contributed by atoms with van der Waals surface area (Å²) < 4.78 is 0. The summed E-state index contributed by atoms with van der Waals surface area (Å²) in [6.07, 6.45) is 3.14. The zero-order valence-electron chi connectivity index (χ0n) is 10.4. The Morgan fingerprint density at radius 1 is 1.25 bits per heavy atom. The Morgan fingerprint density at radius 2 is 1.95 bits per heavy atom. The normalized spacial score (nSPS) is 11.3. The average molecular weight is 266 g/mol. The van der Waals surface area contributed by atoms with Gasteiger partial charge >= 0.3 is 0 Å². The Kier molecular flexibility index (Phi) is 3.72. The molecule has 0 amide bonds. The van der Waals surface area contributed by atoms with Crippen LogP contribution in [0.25, 0.3) is 11.3 Å². The summed E-state index contributed by atoms with van der Waals surface area (Å²) in [7, 11) is 0. The van der Waals surface area contributed by atoms with Gasteiger partial charge in [-0.25, -0.2) is 0 Å². The summed E-state index contributed by atoms with van der Waals surface area (Å²) in [6.45, 7) is 0. The molecule has 2 N–H and O–H groups in total. The summed E-state index contributed by atoms with van der Waals surface area (Å²) in [6, 6.07) is 11.2. The number of nitrogens with zero attached hydrogens (tertiary/aromatic N) is 3. The molecule has 1 heterocycles. The summed E-state index contributed by atoms with van der Waals surface area (Å²) in [5.74, 6) is 0. The largest absolute Gasteiger partial charge is 0.397 e. The predicted molar refractivity (Wildman–Crippen MR) is 73.9 cm³/mol. The molecule has 2 rings (SSSR count). The van der Waals surface area contributed by atoms with Gasteiger partial charge in [-0.3, -0.25) is 15.1 Å². The van der Waals surface area contributed by atoms with Crippen molar-refractivity contribution in [2.24, 2.45) is 5.73 Å². The highest BCUT2D eigenvalue weighted by molar-refractivity contribution is 5.95. The van der Waals surface area contributed by atoms with Crippen molar-refractivity contribution in [3.05, 3.63) is 70.0 Å². The third-order valence-corrected chi connectivity index (χ3v) is 2.72. The minimum atomic E-state index is -0.490. The van der Waals surface area contributed by atoms with Gasteiger partial charge in [0.15, 0.2) is 0 Å². The van der Waals surface area contributed by atoms with Crippen LogP contribution in [0.3, 0.4) is 0 Å². The number of nitro benzene ring substituents is 1. The van der Waals surface area contributed by atoms with Crippen LogP contribution in [-0.2, 0) is 0 Å². The lowest BCUT2D eigenvalue weighted by atomic mass is 10.0. The number of nitro groups is 1. The van der Waals surface area contributed by atoms with Gasteiger partial charge in [0.25, 0.3) is 5.69 Å². The van der Waals surface area contributed by atoms with E-state index in [4.69, 9.17) is 5.73 Å². The molecule has 20 heavy (non-hydrogen) atoms. The second-order valence-corrected chi connectivity index (χ2v) is 3.95. The molecule has 0 bridgehead atoms. The Morgan fingerprint density at radius 3 is 2.45 bits per heavy atom. The zero-order chi connectivity index (χ0) is 14.5. The molecule has 0 saturated carbocycles. The van der Waals surface area contributed by atoms with Gasteiger partial charge in [0.2, 0.25) is 0 Å². The van der Waals surface area contributed by atoms with Crippen molar-refractivity contribution in [3.63, 3.8) is 0 Å². The summed E-state index contributed by atoms with van der Waals surface area (Å²) in [5.41, 5.74) is 7.64. The number of hydrogen-bond donors (Lipinski definition) is 1. The van der Waals surface area contributed by atoms with Crippen LogP contribution in [0, 0.1) is 21.4 Å². The maximum absolute atomic E-state index is 10.6. The van der Waals surface area contributed by atoms with Crippen molar-refractivity contribution < 1.29 is 4.92 Å². The monoisotopic (exact) mass is 266 g/mol. The fourth-order valence-corrected chi connectivity index (χ4v) is 1.70. The molecule has 0 unspecified atom stereocenters. The van der Waals surface area contributed by atoms with E-state index in [2.05, 4.69) is 4.98 Å². The van der Waals surface area contributed by atoms with Crippen LogP contribution in [0.4, 0.5) is 5.69 Å². The molecule has 0 atom stereocenters. The first-order valence-corrected chi connectivity index (χ1v) is 5.68. The fraction of sp³-hybridized carbons (Fsp3) is 0. The number of benzene rings is 1. The van der Waals surface area contributed by atoms with E-state index >= 15 is 0 Å². The van der Waals surface area contributed by atoms with Crippen LogP contribution in [0.2, 0.25) is 0 Å². The molecule has 1 aromatic heterocycles. The van der Waals surface area contributed by atoms with E-state index in [-0.39, 0.29) is 17.0 Å². The number of hydrogen-bond acceptors (Lipinski definition) is 5. The van der Waals surface area contributed by atoms with Gasteiger partial charge in [0.05, 0.1) is 16.2 Å². The molecular formula is C14H10N4O2. The van der Waals surface area contributed by atoms with Crippen LogP contribution in [-0.4, -0.2) is 9.91 Å². The maximum Gasteiger partial charge on any atom is 0.269 e. The van der Waals surface area contributed by atoms with E-state index in [9.17, 15) is 15.4 Å². The Balaban J connectivity index is 2.47. The number of allylic oxidation sites excluding steroid dienone is 1. The number of nitrogens with two attached hydrogens (primary N) is 1. The van der Waals surface area contributed by atoms with Crippen LogP contribution < -0.4 is 5.73 Å². The lowest BCUT2D eigenvalue weighted by Crippen LogP contribution is -2.01. The van der Waals surface area contributed by atoms with Gasteiger partial charge in [-0.05, 0) is 23.8 Å². The summed E-state index contributed by atoms with van der Waals surface area (Å²) in [5, 5.41) is 19.8. The highest BCUT2D eigenvalue weighted by Gasteiger charge is 2.10. The number of aromatic nitrogens is 1. The van der Waals surface area contributed by atoms with Crippen LogP contribution in [0.5, 0.6) is 0 Å². The van der Waals surface area contributed by atoms with E-state index in [1.807, 2.05) is 6.07 Å². The maximum atomic E-state index is 10.6. The fourth-order valence-electron chi connectivity index (χ4n) is 1.70. The van der Waals surface area contributed by atoms with Crippen molar-refractivity contribution in [3.8, 4) is 6.07 Å². The quantitative estimate of drug-likeness (QED) is 0.521. The highest BCUT2D eigenvalue weighted by atomic mass is 16.6. The first kappa shape index (κ1) is 13.2. The lowest BCUT2D eigenvalue weighted by molar-refractivity contribution is -0.384. The van der Waals surface area contributed by atoms with E-state index in [0.29, 0.717) is 11.1 Å². The first-order valence-electron chi connectivity index (χ1n) is 5.68. The molecule has 0 spiro atoms. The van der Waals surface area contributed by atoms with Crippen molar-refractivity contribution in [2.75, 3.05) is 0 Å². The van der Waals surface area contributed by atoms with Gasteiger partial charge in [-0.15, -0.1) is 0 Å². The zero-order valence-corrected chi connectivity index (χ0v) is 10.4. The second kappa shape index (κ2) is 5.63. The number of nitriles is 1. The molecule has 98 valence electrons. The Labute approximate surface area is 114 Å². The third kappa shape index (κ3) is 2.62. The highest BCUT2D eigenvalue weighted by Crippen LogP contribution is 2.23. The molecule has 0 fully saturated rings. The second-order valence-electron chi connectivity index (χ2n) is 3.95. The Bertz CT molecular complexity index is 700. The van der Waals surface area contributed by atoms with Crippen LogP contribution in [0.15, 0.2) is 48.8 Å². The average Bonchev–Trinajstić information content (AvgIpc) is 2.49. The van der Waals surface area contributed by atoms with E-state index in [0.717, 1.165) is 0 Å². The third-order valence-electron chi connectivity index (χ3n) is 2.72. The van der Waals surface area contributed by atoms with E-state index in [1.54, 1.807) is 18.3 Å². The molecule has 6 heteroatoms. The van der Waals surface area contributed by atoms with Gasteiger partial charge in [0.1, 0.15) is 6.07 Å². The topological polar surface area (TPSA) is 106 Å². The predicted octanol–water partition coefficient (Wildman–Crippen LogP) is 2.34. The molecule has 2 aromatic rings. The molecule has 0 aliphatic rings. The molecule has 1 aromatic carbocycles. The van der Waals surface area contributed by atoms with Gasteiger partial charge in [-0.2, -0.15) is 5.26 Å². The number of rotatable bonds is 3. The smallest absolute Gasteiger partial charge is 0.269 e. The molecule has 0 saturated heterocycles. The summed E-state index contributed by atoms with van der Waals surface area (Å²) in [4.78, 5) is 14.0. The molecular weight excluding hydrogens is 256 g/mol. The number of non-ortho nitro benzene ring substituents is 1. The summed E-state index contributed by atoms with van der Waals surface area (Å²) >= 11 is 0. The van der Waals surface area contributed by atoms with Gasteiger partial charge in [-0.1, -0.05) is 6.07 Å². The van der Waals surface area contributed by atoms with Crippen molar-refractivity contribution in [1.82, 2.24) is 4.98 Å². The minimum Gasteiger partial charge on any atom is -0.397 e. The number of pyridine rings is 1. The molecule has 0 radical (unpaired) electrons. The van der Waals surface area contributed by atoms with Crippen LogP contribution in [0.1, 0.15) is 11.1 Å². The standard InChI is InChI=1S/C14H10N4O2/c15-8-13(11-2-1-7-17-9-11)14(16)10-3-5-12(6-4-10)18(19)20/h1-7,9H,16H2/b14-13-. The first-order chi connectivity index (χ1) is 9.63. The minimum absolute atomic E-state index is 0.0264. The van der Waals surface area contributed by atoms with Gasteiger partial charge in [0, 0.05) is 30.1 Å². The van der Waals surface area contributed by atoms with Crippen molar-refractivity contribution in [1.29, 1.82) is 5.26 Å². The van der Waals surface area contributed by atoms with Gasteiger partial charge < -0.3 is 5.73 Å². The van der Waals surface area contributed by atoms with E-state index < -0.39 is 4.92 Å². The Hall–Kier alpha value is -3.20. The van der Waals surface area contributed by atoms with E-state index in [1.165, 1.54) is 30.5 Å². The van der Waals surface area contributed by atoms with Crippen molar-refractivity contribution in [2.45, 2.75) is 0 Å². The molecule has 0 aliphatic heterocycles.